The van der Waals surface area contributed by atoms with Crippen LogP contribution in [0.2, 0.25) is 0 Å². The minimum absolute atomic E-state index is 0.361. The van der Waals surface area contributed by atoms with Gasteiger partial charge in [-0.3, -0.25) is 4.99 Å². The van der Waals surface area contributed by atoms with E-state index in [-0.39, 0.29) is 11.2 Å². The van der Waals surface area contributed by atoms with Crippen molar-refractivity contribution in [2.45, 2.75) is 38.9 Å². The second-order valence-corrected chi connectivity index (χ2v) is 5.74. The van der Waals surface area contributed by atoms with Gasteiger partial charge < -0.3 is 9.31 Å². The molecule has 1 aromatic carbocycles. The maximum Gasteiger partial charge on any atom is 0.497 e. The summed E-state index contributed by atoms with van der Waals surface area (Å²) in [4.78, 5) is 4.10. The van der Waals surface area contributed by atoms with Crippen molar-refractivity contribution in [3.05, 3.63) is 30.3 Å². The van der Waals surface area contributed by atoms with Gasteiger partial charge >= 0.3 is 7.12 Å². The predicted molar refractivity (Wildman–Crippen MR) is 81.5 cm³/mol. The normalized spacial score (nSPS) is 20.3. The smallest absolute Gasteiger partial charge is 0.399 e. The van der Waals surface area contributed by atoms with Crippen LogP contribution in [0.4, 0.5) is 5.69 Å². The van der Waals surface area contributed by atoms with Gasteiger partial charge in [-0.1, -0.05) is 30.9 Å². The fourth-order valence-electron chi connectivity index (χ4n) is 2.09. The van der Waals surface area contributed by atoms with E-state index in [4.69, 9.17) is 9.31 Å². The summed E-state index contributed by atoms with van der Waals surface area (Å²) in [5.74, 6) is 0. The van der Waals surface area contributed by atoms with Crippen LogP contribution in [0.3, 0.4) is 0 Å². The lowest BCUT2D eigenvalue weighted by atomic mass is 9.77. The molecule has 1 aliphatic rings. The predicted octanol–water partition coefficient (Wildman–Crippen LogP) is 2.96. The van der Waals surface area contributed by atoms with Crippen molar-refractivity contribution in [3.8, 4) is 0 Å². The average molecular weight is 257 g/mol. The van der Waals surface area contributed by atoms with Gasteiger partial charge in [0, 0.05) is 5.46 Å². The minimum atomic E-state index is -0.426. The molecular formula is C15H20BNO2. The SMILES string of the molecule is C=Cc1cccc(B2OC(C)(C)C(C)(C)O2)c1N=C. The van der Waals surface area contributed by atoms with E-state index in [2.05, 4.69) is 18.3 Å². The Kier molecular flexibility index (Phi) is 3.41. The molecule has 4 heteroatoms. The Bertz CT molecular complexity index is 507. The zero-order valence-electron chi connectivity index (χ0n) is 12.1. The van der Waals surface area contributed by atoms with E-state index in [1.807, 2.05) is 45.9 Å². The van der Waals surface area contributed by atoms with Gasteiger partial charge in [0.15, 0.2) is 0 Å². The summed E-state index contributed by atoms with van der Waals surface area (Å²) in [6.45, 7) is 15.6. The molecule has 0 spiro atoms. The molecule has 100 valence electrons. The highest BCUT2D eigenvalue weighted by Crippen LogP contribution is 2.37. The molecule has 0 aliphatic carbocycles. The van der Waals surface area contributed by atoms with Gasteiger partial charge in [0.1, 0.15) is 0 Å². The molecule has 0 aromatic heterocycles. The number of aliphatic imine (C=N–C) groups is 1. The van der Waals surface area contributed by atoms with Gasteiger partial charge in [-0.2, -0.15) is 0 Å². The van der Waals surface area contributed by atoms with E-state index in [1.54, 1.807) is 6.08 Å². The highest BCUT2D eigenvalue weighted by molar-refractivity contribution is 6.64. The summed E-state index contributed by atoms with van der Waals surface area (Å²) in [5, 5.41) is 0. The Morgan fingerprint density at radius 2 is 1.74 bits per heavy atom. The number of nitrogens with zero attached hydrogens (tertiary/aromatic N) is 1. The van der Waals surface area contributed by atoms with E-state index in [0.29, 0.717) is 0 Å². The van der Waals surface area contributed by atoms with Gasteiger partial charge in [0.25, 0.3) is 0 Å². The van der Waals surface area contributed by atoms with Crippen molar-refractivity contribution in [2.24, 2.45) is 4.99 Å². The molecule has 1 aliphatic heterocycles. The number of hydrogen-bond acceptors (Lipinski definition) is 3. The Morgan fingerprint density at radius 3 is 2.21 bits per heavy atom. The maximum atomic E-state index is 6.05. The molecule has 19 heavy (non-hydrogen) atoms. The van der Waals surface area contributed by atoms with Gasteiger partial charge in [0.2, 0.25) is 0 Å². The standard InChI is InChI=1S/C15H20BNO2/c1-7-11-9-8-10-12(13(11)17-6)16-18-14(2,3)15(4,5)19-16/h7-10H,1,6H2,2-5H3. The largest absolute Gasteiger partial charge is 0.497 e. The summed E-state index contributed by atoms with van der Waals surface area (Å²) in [7, 11) is -0.426. The molecule has 1 saturated heterocycles. The summed E-state index contributed by atoms with van der Waals surface area (Å²) in [5.41, 5.74) is 1.88. The number of benzene rings is 1. The van der Waals surface area contributed by atoms with Gasteiger partial charge in [0.05, 0.1) is 16.9 Å². The average Bonchev–Trinajstić information content (AvgIpc) is 2.57. The number of para-hydroxylation sites is 1. The molecule has 0 radical (unpaired) electrons. The van der Waals surface area contributed by atoms with Crippen molar-refractivity contribution < 1.29 is 9.31 Å². The van der Waals surface area contributed by atoms with Gasteiger partial charge in [-0.15, -0.1) is 0 Å². The van der Waals surface area contributed by atoms with Crippen LogP contribution in [0.5, 0.6) is 0 Å². The van der Waals surface area contributed by atoms with Crippen molar-refractivity contribution >= 4 is 31.1 Å². The Hall–Kier alpha value is -1.39. The monoisotopic (exact) mass is 257 g/mol. The molecule has 2 rings (SSSR count). The van der Waals surface area contributed by atoms with Crippen molar-refractivity contribution in [3.63, 3.8) is 0 Å². The molecule has 1 fully saturated rings. The molecule has 0 saturated carbocycles. The fourth-order valence-corrected chi connectivity index (χ4v) is 2.09. The Balaban J connectivity index is 2.45. The third kappa shape index (κ3) is 2.26. The first-order valence-corrected chi connectivity index (χ1v) is 6.40. The Labute approximate surface area is 115 Å². The van der Waals surface area contributed by atoms with E-state index < -0.39 is 7.12 Å². The van der Waals surface area contributed by atoms with E-state index in [1.165, 1.54) is 0 Å². The van der Waals surface area contributed by atoms with Crippen LogP contribution in [0.15, 0.2) is 29.8 Å². The van der Waals surface area contributed by atoms with Crippen molar-refractivity contribution in [1.82, 2.24) is 0 Å². The van der Waals surface area contributed by atoms with Gasteiger partial charge in [-0.05, 0) is 40.0 Å². The van der Waals surface area contributed by atoms with Gasteiger partial charge in [-0.25, -0.2) is 0 Å². The molecule has 0 unspecified atom stereocenters. The summed E-state index contributed by atoms with van der Waals surface area (Å²) >= 11 is 0. The first kappa shape index (κ1) is 14.0. The van der Waals surface area contributed by atoms with Crippen LogP contribution in [0.1, 0.15) is 33.3 Å². The topological polar surface area (TPSA) is 30.8 Å². The molecule has 1 aromatic rings. The third-order valence-electron chi connectivity index (χ3n) is 3.98. The second-order valence-electron chi connectivity index (χ2n) is 5.74. The van der Waals surface area contributed by atoms with Crippen LogP contribution in [0.25, 0.3) is 6.08 Å². The highest BCUT2D eigenvalue weighted by atomic mass is 16.7. The van der Waals surface area contributed by atoms with Crippen LogP contribution in [-0.4, -0.2) is 25.0 Å². The molecular weight excluding hydrogens is 237 g/mol. The lowest BCUT2D eigenvalue weighted by Gasteiger charge is -2.32. The molecule has 0 atom stereocenters. The molecule has 0 N–H and O–H groups in total. The number of hydrogen-bond donors (Lipinski definition) is 0. The maximum absolute atomic E-state index is 6.05. The first-order chi connectivity index (χ1) is 8.82. The quantitative estimate of drug-likeness (QED) is 0.615. The fraction of sp³-hybridized carbons (Fsp3) is 0.400. The van der Waals surface area contributed by atoms with E-state index in [0.717, 1.165) is 16.7 Å². The Morgan fingerprint density at radius 1 is 1.16 bits per heavy atom. The van der Waals surface area contributed by atoms with Crippen LogP contribution in [-0.2, 0) is 9.31 Å². The summed E-state index contributed by atoms with van der Waals surface area (Å²) in [6, 6.07) is 5.86. The molecule has 3 nitrogen and oxygen atoms in total. The van der Waals surface area contributed by atoms with E-state index >= 15 is 0 Å². The van der Waals surface area contributed by atoms with Crippen molar-refractivity contribution in [2.75, 3.05) is 0 Å². The van der Waals surface area contributed by atoms with Crippen molar-refractivity contribution in [1.29, 1.82) is 0 Å². The van der Waals surface area contributed by atoms with Crippen LogP contribution >= 0.6 is 0 Å². The van der Waals surface area contributed by atoms with Crippen LogP contribution in [0, 0.1) is 0 Å². The molecule has 0 bridgehead atoms. The van der Waals surface area contributed by atoms with Crippen LogP contribution < -0.4 is 5.46 Å². The first-order valence-electron chi connectivity index (χ1n) is 6.40. The highest BCUT2D eigenvalue weighted by Gasteiger charge is 2.52. The van der Waals surface area contributed by atoms with E-state index in [9.17, 15) is 0 Å². The summed E-state index contributed by atoms with van der Waals surface area (Å²) < 4.78 is 12.1. The second kappa shape index (κ2) is 4.62. The lowest BCUT2D eigenvalue weighted by molar-refractivity contribution is 0.00578. The number of rotatable bonds is 3. The third-order valence-corrected chi connectivity index (χ3v) is 3.98. The minimum Gasteiger partial charge on any atom is -0.399 e. The zero-order valence-corrected chi connectivity index (χ0v) is 12.1. The lowest BCUT2D eigenvalue weighted by Crippen LogP contribution is -2.41. The summed E-state index contributed by atoms with van der Waals surface area (Å²) in [6.07, 6.45) is 1.76. The molecule has 0 amide bonds. The zero-order chi connectivity index (χ0) is 14.3. The molecule has 1 heterocycles.